The number of nitrogens with zero attached hydrogens (tertiary/aromatic N) is 2. The zero-order valence-electron chi connectivity index (χ0n) is 14.6. The Hall–Kier alpha value is -2.63. The number of halogens is 2. The number of para-hydroxylation sites is 1. The molecule has 0 aliphatic carbocycles. The number of Topliss-reactive ketones (excluding diaryl/α,β-unsaturated/α-hetero) is 1. The number of hydrogen-bond acceptors (Lipinski definition) is 4. The van der Waals surface area contributed by atoms with Gasteiger partial charge in [-0.05, 0) is 38.1 Å². The number of aryl methyl sites for hydroxylation is 1. The van der Waals surface area contributed by atoms with Crippen LogP contribution in [0.15, 0.2) is 54.6 Å². The van der Waals surface area contributed by atoms with E-state index < -0.39 is 12.1 Å². The van der Waals surface area contributed by atoms with E-state index in [9.17, 15) is 9.59 Å². The number of ether oxygens (including phenoxy) is 1. The lowest BCUT2D eigenvalue weighted by molar-refractivity contribution is 0.0318. The van der Waals surface area contributed by atoms with Crippen molar-refractivity contribution in [1.82, 2.24) is 9.78 Å². The van der Waals surface area contributed by atoms with Crippen molar-refractivity contribution in [2.75, 3.05) is 0 Å². The summed E-state index contributed by atoms with van der Waals surface area (Å²) in [6, 6.07) is 15.7. The van der Waals surface area contributed by atoms with Crippen LogP contribution < -0.4 is 0 Å². The standard InChI is InChI=1S/C20H16Cl2N2O3/c1-12-17(19(22)24(23-12)16-9-4-3-5-10-16)20(26)27-13(2)18(25)14-7-6-8-15(21)11-14/h3-11,13H,1-2H3. The van der Waals surface area contributed by atoms with Gasteiger partial charge in [-0.3, -0.25) is 4.79 Å². The Labute approximate surface area is 166 Å². The zero-order valence-corrected chi connectivity index (χ0v) is 16.2. The van der Waals surface area contributed by atoms with E-state index in [1.165, 1.54) is 17.7 Å². The Kier molecular flexibility index (Phi) is 5.63. The van der Waals surface area contributed by atoms with Gasteiger partial charge in [0, 0.05) is 10.6 Å². The van der Waals surface area contributed by atoms with Crippen molar-refractivity contribution in [3.8, 4) is 5.69 Å². The fourth-order valence-electron chi connectivity index (χ4n) is 2.62. The van der Waals surface area contributed by atoms with E-state index in [1.807, 2.05) is 30.3 Å². The Morgan fingerprint density at radius 2 is 1.78 bits per heavy atom. The third-order valence-electron chi connectivity index (χ3n) is 3.97. The average molecular weight is 403 g/mol. The molecule has 1 unspecified atom stereocenters. The molecule has 27 heavy (non-hydrogen) atoms. The molecule has 3 aromatic rings. The summed E-state index contributed by atoms with van der Waals surface area (Å²) in [7, 11) is 0. The van der Waals surface area contributed by atoms with Crippen LogP contribution in [0.5, 0.6) is 0 Å². The summed E-state index contributed by atoms with van der Waals surface area (Å²) >= 11 is 12.3. The van der Waals surface area contributed by atoms with Crippen molar-refractivity contribution in [3.05, 3.63) is 81.6 Å². The quantitative estimate of drug-likeness (QED) is 0.448. The van der Waals surface area contributed by atoms with E-state index in [4.69, 9.17) is 27.9 Å². The summed E-state index contributed by atoms with van der Waals surface area (Å²) in [6.45, 7) is 3.16. The third-order valence-corrected chi connectivity index (χ3v) is 4.56. The van der Waals surface area contributed by atoms with Gasteiger partial charge in [-0.1, -0.05) is 53.5 Å². The molecule has 3 rings (SSSR count). The maximum Gasteiger partial charge on any atom is 0.343 e. The molecule has 0 aliphatic heterocycles. The van der Waals surface area contributed by atoms with Crippen molar-refractivity contribution >= 4 is 35.0 Å². The Bertz CT molecular complexity index is 1000. The van der Waals surface area contributed by atoms with E-state index in [0.717, 1.165) is 0 Å². The largest absolute Gasteiger partial charge is 0.451 e. The van der Waals surface area contributed by atoms with Crippen LogP contribution >= 0.6 is 23.2 Å². The lowest BCUT2D eigenvalue weighted by atomic mass is 10.1. The summed E-state index contributed by atoms with van der Waals surface area (Å²) < 4.78 is 6.79. The van der Waals surface area contributed by atoms with E-state index >= 15 is 0 Å². The Balaban J connectivity index is 1.82. The molecule has 0 saturated carbocycles. The van der Waals surface area contributed by atoms with Crippen LogP contribution in [0, 0.1) is 6.92 Å². The van der Waals surface area contributed by atoms with Gasteiger partial charge in [-0.15, -0.1) is 0 Å². The smallest absolute Gasteiger partial charge is 0.343 e. The molecule has 0 radical (unpaired) electrons. The van der Waals surface area contributed by atoms with Crippen LogP contribution in [-0.4, -0.2) is 27.6 Å². The highest BCUT2D eigenvalue weighted by atomic mass is 35.5. The summed E-state index contributed by atoms with van der Waals surface area (Å²) in [5, 5.41) is 4.87. The minimum Gasteiger partial charge on any atom is -0.451 e. The second-order valence-corrected chi connectivity index (χ2v) is 6.72. The van der Waals surface area contributed by atoms with Crippen molar-refractivity contribution in [1.29, 1.82) is 0 Å². The van der Waals surface area contributed by atoms with Crippen molar-refractivity contribution in [3.63, 3.8) is 0 Å². The van der Waals surface area contributed by atoms with Gasteiger partial charge in [0.2, 0.25) is 5.78 Å². The van der Waals surface area contributed by atoms with Crippen LogP contribution in [0.3, 0.4) is 0 Å². The first-order chi connectivity index (χ1) is 12.9. The first kappa shape index (κ1) is 19.1. The van der Waals surface area contributed by atoms with Gasteiger partial charge in [0.05, 0.1) is 11.4 Å². The van der Waals surface area contributed by atoms with Gasteiger partial charge in [0.25, 0.3) is 0 Å². The van der Waals surface area contributed by atoms with Gasteiger partial charge < -0.3 is 4.74 Å². The molecule has 1 atom stereocenters. The number of benzene rings is 2. The molecule has 7 heteroatoms. The first-order valence-electron chi connectivity index (χ1n) is 8.19. The number of rotatable bonds is 5. The summed E-state index contributed by atoms with van der Waals surface area (Å²) in [5.74, 6) is -1.06. The van der Waals surface area contributed by atoms with Crippen molar-refractivity contribution in [2.45, 2.75) is 20.0 Å². The minimum atomic E-state index is -0.994. The average Bonchev–Trinajstić information content (AvgIpc) is 2.96. The Morgan fingerprint density at radius 1 is 1.07 bits per heavy atom. The topological polar surface area (TPSA) is 61.2 Å². The molecular formula is C20H16Cl2N2O3. The van der Waals surface area contributed by atoms with Crippen LogP contribution in [0.25, 0.3) is 5.69 Å². The minimum absolute atomic E-state index is 0.131. The number of esters is 1. The lowest BCUT2D eigenvalue weighted by Crippen LogP contribution is -2.24. The van der Waals surface area contributed by atoms with E-state index in [1.54, 1.807) is 25.1 Å². The molecule has 0 bridgehead atoms. The molecule has 1 aromatic heterocycles. The second-order valence-electron chi connectivity index (χ2n) is 5.92. The zero-order chi connectivity index (χ0) is 19.6. The highest BCUT2D eigenvalue weighted by molar-refractivity contribution is 6.33. The van der Waals surface area contributed by atoms with Gasteiger partial charge in [0.1, 0.15) is 10.7 Å². The third kappa shape index (κ3) is 4.04. The molecule has 0 N–H and O–H groups in total. The van der Waals surface area contributed by atoms with E-state index in [2.05, 4.69) is 5.10 Å². The monoisotopic (exact) mass is 402 g/mol. The molecule has 0 saturated heterocycles. The van der Waals surface area contributed by atoms with E-state index in [-0.39, 0.29) is 16.5 Å². The molecule has 0 fully saturated rings. The van der Waals surface area contributed by atoms with Crippen LogP contribution in [-0.2, 0) is 4.74 Å². The van der Waals surface area contributed by atoms with Crippen LogP contribution in [0.1, 0.15) is 33.3 Å². The van der Waals surface area contributed by atoms with Crippen molar-refractivity contribution < 1.29 is 14.3 Å². The number of carbonyl (C=O) groups excluding carboxylic acids is 2. The van der Waals surface area contributed by atoms with E-state index in [0.29, 0.717) is 22.0 Å². The molecule has 0 amide bonds. The number of aromatic nitrogens is 2. The second kappa shape index (κ2) is 7.94. The van der Waals surface area contributed by atoms with Crippen LogP contribution in [0.2, 0.25) is 10.2 Å². The number of hydrogen-bond donors (Lipinski definition) is 0. The highest BCUT2D eigenvalue weighted by Crippen LogP contribution is 2.25. The number of carbonyl (C=O) groups is 2. The Morgan fingerprint density at radius 3 is 2.44 bits per heavy atom. The van der Waals surface area contributed by atoms with Crippen molar-refractivity contribution in [2.24, 2.45) is 0 Å². The summed E-state index contributed by atoms with van der Waals surface area (Å²) in [5.41, 5.74) is 1.63. The SMILES string of the molecule is Cc1nn(-c2ccccc2)c(Cl)c1C(=O)OC(C)C(=O)c1cccc(Cl)c1. The van der Waals surface area contributed by atoms with Crippen LogP contribution in [0.4, 0.5) is 0 Å². The fourth-order valence-corrected chi connectivity index (χ4v) is 3.16. The summed E-state index contributed by atoms with van der Waals surface area (Å²) in [6.07, 6.45) is -0.994. The molecule has 0 spiro atoms. The summed E-state index contributed by atoms with van der Waals surface area (Å²) in [4.78, 5) is 25.1. The first-order valence-corrected chi connectivity index (χ1v) is 8.95. The van der Waals surface area contributed by atoms with Gasteiger partial charge in [-0.25, -0.2) is 9.48 Å². The normalized spacial score (nSPS) is 11.9. The molecule has 138 valence electrons. The molecule has 5 nitrogen and oxygen atoms in total. The predicted octanol–water partition coefficient (Wildman–Crippen LogP) is 4.92. The van der Waals surface area contributed by atoms with Gasteiger partial charge in [0.15, 0.2) is 6.10 Å². The number of ketones is 1. The van der Waals surface area contributed by atoms with Gasteiger partial charge >= 0.3 is 5.97 Å². The molecule has 1 heterocycles. The molecular weight excluding hydrogens is 387 g/mol. The maximum absolute atomic E-state index is 12.6. The van der Waals surface area contributed by atoms with Gasteiger partial charge in [-0.2, -0.15) is 5.10 Å². The predicted molar refractivity (Wildman–Crippen MR) is 104 cm³/mol. The maximum atomic E-state index is 12.6. The lowest BCUT2D eigenvalue weighted by Gasteiger charge is -2.12. The molecule has 0 aliphatic rings. The fraction of sp³-hybridized carbons (Fsp3) is 0.150. The highest BCUT2D eigenvalue weighted by Gasteiger charge is 2.26. The molecule has 2 aromatic carbocycles.